The van der Waals surface area contributed by atoms with Crippen LogP contribution in [-0.4, -0.2) is 55.6 Å². The van der Waals surface area contributed by atoms with Gasteiger partial charge in [0, 0.05) is 13.2 Å². The van der Waals surface area contributed by atoms with Crippen LogP contribution in [0.5, 0.6) is 0 Å². The third kappa shape index (κ3) is 9.24. The summed E-state index contributed by atoms with van der Waals surface area (Å²) in [5.74, 6) is -0.0968. The zero-order valence-electron chi connectivity index (χ0n) is 11.6. The summed E-state index contributed by atoms with van der Waals surface area (Å²) in [7, 11) is 0. The van der Waals surface area contributed by atoms with Crippen LogP contribution in [0.3, 0.4) is 0 Å². The number of aliphatic hydroxyl groups excluding tert-OH is 1. The average molecular weight is 260 g/mol. The number of hydrogen-bond acceptors (Lipinski definition) is 5. The number of hydrogen-bond donors (Lipinski definition) is 1. The highest BCUT2D eigenvalue weighted by Gasteiger charge is 2.06. The topological polar surface area (TPSA) is 59.0 Å². The first-order valence-electron chi connectivity index (χ1n) is 6.59. The number of carbonyl (C=O) groups is 1. The molecular formula is C13H26NO4. The van der Waals surface area contributed by atoms with Gasteiger partial charge in [-0.1, -0.05) is 13.8 Å². The summed E-state index contributed by atoms with van der Waals surface area (Å²) in [4.78, 5) is 13.4. The van der Waals surface area contributed by atoms with Gasteiger partial charge in [-0.15, -0.1) is 0 Å². The molecule has 0 amide bonds. The predicted molar refractivity (Wildman–Crippen MR) is 70.3 cm³/mol. The molecule has 0 aromatic carbocycles. The molecule has 1 N–H and O–H groups in total. The van der Waals surface area contributed by atoms with Crippen LogP contribution in [0.25, 0.3) is 0 Å². The number of carbonyl (C=O) groups excluding carboxylic acids is 1. The van der Waals surface area contributed by atoms with Crippen molar-refractivity contribution in [2.45, 2.75) is 26.7 Å². The smallest absolute Gasteiger partial charge is 0.434 e. The van der Waals surface area contributed by atoms with Crippen molar-refractivity contribution in [1.29, 1.82) is 0 Å². The van der Waals surface area contributed by atoms with Crippen molar-refractivity contribution >= 4 is 6.16 Å². The summed E-state index contributed by atoms with van der Waals surface area (Å²) in [5, 5.41) is 8.73. The van der Waals surface area contributed by atoms with Gasteiger partial charge in [0.05, 0.1) is 13.2 Å². The maximum absolute atomic E-state index is 11.2. The van der Waals surface area contributed by atoms with Crippen LogP contribution >= 0.6 is 0 Å². The van der Waals surface area contributed by atoms with Crippen LogP contribution < -0.4 is 0 Å². The first kappa shape index (κ1) is 17.2. The number of rotatable bonds is 10. The molecule has 0 rings (SSSR count). The molecule has 5 nitrogen and oxygen atoms in total. The van der Waals surface area contributed by atoms with E-state index in [4.69, 9.17) is 14.6 Å². The molecule has 5 heteroatoms. The van der Waals surface area contributed by atoms with E-state index in [1.54, 1.807) is 0 Å². The maximum Gasteiger partial charge on any atom is 0.508 e. The van der Waals surface area contributed by atoms with Crippen molar-refractivity contribution in [2.24, 2.45) is 5.92 Å². The van der Waals surface area contributed by atoms with E-state index in [1.165, 1.54) is 0 Å². The molecule has 0 aromatic heterocycles. The molecular weight excluding hydrogens is 234 g/mol. The quantitative estimate of drug-likeness (QED) is 0.478. The molecule has 0 aliphatic rings. The summed E-state index contributed by atoms with van der Waals surface area (Å²) in [6.07, 6.45) is 0.718. The molecule has 1 unspecified atom stereocenters. The first-order chi connectivity index (χ1) is 8.63. The van der Waals surface area contributed by atoms with E-state index >= 15 is 0 Å². The van der Waals surface area contributed by atoms with Gasteiger partial charge in [0.1, 0.15) is 0 Å². The third-order valence-corrected chi connectivity index (χ3v) is 2.74. The van der Waals surface area contributed by atoms with E-state index in [9.17, 15) is 4.79 Å². The molecule has 18 heavy (non-hydrogen) atoms. The fourth-order valence-electron chi connectivity index (χ4n) is 1.43. The second-order valence-electron chi connectivity index (χ2n) is 4.16. The highest BCUT2D eigenvalue weighted by Crippen LogP contribution is 2.00. The normalized spacial score (nSPS) is 12.5. The summed E-state index contributed by atoms with van der Waals surface area (Å²) < 4.78 is 9.77. The maximum atomic E-state index is 11.2. The molecule has 0 aliphatic heterocycles. The van der Waals surface area contributed by atoms with Crippen LogP contribution in [0.2, 0.25) is 0 Å². The Bertz CT molecular complexity index is 207. The van der Waals surface area contributed by atoms with Crippen LogP contribution in [-0.2, 0) is 9.47 Å². The van der Waals surface area contributed by atoms with Gasteiger partial charge < -0.3 is 19.5 Å². The zero-order chi connectivity index (χ0) is 13.8. The van der Waals surface area contributed by atoms with Crippen molar-refractivity contribution in [2.75, 3.05) is 39.5 Å². The highest BCUT2D eigenvalue weighted by molar-refractivity contribution is 5.59. The fraction of sp³-hybridized carbons (Fsp3) is 0.846. The molecule has 0 saturated heterocycles. The monoisotopic (exact) mass is 260 g/mol. The number of aliphatic hydroxyl groups is 1. The SMILES string of the molecule is [CH2]C(CO)CCOC(=O)OCCCN(CC)CC. The first-order valence-corrected chi connectivity index (χ1v) is 6.59. The van der Waals surface area contributed by atoms with Gasteiger partial charge in [-0.25, -0.2) is 4.79 Å². The lowest BCUT2D eigenvalue weighted by atomic mass is 10.1. The van der Waals surface area contributed by atoms with Crippen LogP contribution in [0, 0.1) is 12.8 Å². The van der Waals surface area contributed by atoms with Gasteiger partial charge in [0.15, 0.2) is 0 Å². The van der Waals surface area contributed by atoms with E-state index in [1.807, 2.05) is 0 Å². The van der Waals surface area contributed by atoms with Gasteiger partial charge in [-0.05, 0) is 38.8 Å². The number of nitrogens with zero attached hydrogens (tertiary/aromatic N) is 1. The molecule has 0 saturated carbocycles. The standard InChI is InChI=1S/C13H26NO4/c1-4-14(5-2)8-6-9-17-13(16)18-10-7-12(3)11-15/h12,15H,3-11H2,1-2H3. The van der Waals surface area contributed by atoms with Gasteiger partial charge in [0.2, 0.25) is 0 Å². The number of ether oxygens (including phenoxy) is 2. The van der Waals surface area contributed by atoms with E-state index in [-0.39, 0.29) is 19.1 Å². The van der Waals surface area contributed by atoms with Crippen molar-refractivity contribution in [3.8, 4) is 0 Å². The van der Waals surface area contributed by atoms with Crippen molar-refractivity contribution in [3.05, 3.63) is 6.92 Å². The van der Waals surface area contributed by atoms with Gasteiger partial charge in [-0.2, -0.15) is 0 Å². The van der Waals surface area contributed by atoms with E-state index in [2.05, 4.69) is 25.7 Å². The molecule has 0 heterocycles. The fourth-order valence-corrected chi connectivity index (χ4v) is 1.43. The van der Waals surface area contributed by atoms with Crippen molar-refractivity contribution < 1.29 is 19.4 Å². The van der Waals surface area contributed by atoms with E-state index in [0.717, 1.165) is 26.1 Å². The van der Waals surface area contributed by atoms with Gasteiger partial charge in [0.25, 0.3) is 0 Å². The average Bonchev–Trinajstić information content (AvgIpc) is 2.38. The lowest BCUT2D eigenvalue weighted by Crippen LogP contribution is -2.25. The Morgan fingerprint density at radius 2 is 1.89 bits per heavy atom. The van der Waals surface area contributed by atoms with Gasteiger partial charge >= 0.3 is 6.16 Å². The second-order valence-corrected chi connectivity index (χ2v) is 4.16. The molecule has 0 aromatic rings. The summed E-state index contributed by atoms with van der Waals surface area (Å²) in [6.45, 7) is 11.4. The Morgan fingerprint density at radius 1 is 1.28 bits per heavy atom. The summed E-state index contributed by atoms with van der Waals surface area (Å²) in [5.41, 5.74) is 0. The molecule has 0 fully saturated rings. The highest BCUT2D eigenvalue weighted by atomic mass is 16.7. The van der Waals surface area contributed by atoms with Gasteiger partial charge in [-0.3, -0.25) is 0 Å². The molecule has 1 atom stereocenters. The molecule has 107 valence electrons. The molecule has 0 spiro atoms. The lowest BCUT2D eigenvalue weighted by Gasteiger charge is -2.17. The molecule has 0 bridgehead atoms. The molecule has 1 radical (unpaired) electrons. The lowest BCUT2D eigenvalue weighted by molar-refractivity contribution is 0.0482. The predicted octanol–water partition coefficient (Wildman–Crippen LogP) is 1.70. The Balaban J connectivity index is 3.42. The minimum Gasteiger partial charge on any atom is -0.434 e. The minimum atomic E-state index is -0.639. The third-order valence-electron chi connectivity index (χ3n) is 2.74. The van der Waals surface area contributed by atoms with Crippen molar-refractivity contribution in [3.63, 3.8) is 0 Å². The van der Waals surface area contributed by atoms with Crippen molar-refractivity contribution in [1.82, 2.24) is 4.90 Å². The Morgan fingerprint density at radius 3 is 2.44 bits per heavy atom. The Hall–Kier alpha value is -0.810. The Kier molecular flexibility index (Phi) is 10.8. The van der Waals surface area contributed by atoms with Crippen LogP contribution in [0.1, 0.15) is 26.7 Å². The minimum absolute atomic E-state index is 0.00226. The van der Waals surface area contributed by atoms with E-state index < -0.39 is 6.16 Å². The molecule has 0 aliphatic carbocycles. The van der Waals surface area contributed by atoms with Crippen LogP contribution in [0.15, 0.2) is 0 Å². The second kappa shape index (κ2) is 11.3. The Labute approximate surface area is 110 Å². The summed E-state index contributed by atoms with van der Waals surface area (Å²) >= 11 is 0. The van der Waals surface area contributed by atoms with Crippen LogP contribution in [0.4, 0.5) is 4.79 Å². The summed E-state index contributed by atoms with van der Waals surface area (Å²) in [6, 6.07) is 0. The van der Waals surface area contributed by atoms with E-state index in [0.29, 0.717) is 13.0 Å². The zero-order valence-corrected chi connectivity index (χ0v) is 11.6. The largest absolute Gasteiger partial charge is 0.508 e.